The molecule has 2 heterocycles. The number of carbonyl (C=O) groups excluding carboxylic acids is 2. The molecule has 2 amide bonds. The Balaban J connectivity index is 1.89. The quantitative estimate of drug-likeness (QED) is 0.553. The lowest BCUT2D eigenvalue weighted by Crippen LogP contribution is -2.38. The molecule has 1 aromatic carbocycles. The van der Waals surface area contributed by atoms with Crippen LogP contribution in [0, 0.1) is 0 Å². The molecule has 2 N–H and O–H groups in total. The van der Waals surface area contributed by atoms with Crippen LogP contribution in [0.5, 0.6) is 0 Å². The monoisotopic (exact) mass is 442 g/mol. The van der Waals surface area contributed by atoms with Gasteiger partial charge in [-0.3, -0.25) is 19.0 Å². The Hall–Kier alpha value is -3.23. The zero-order chi connectivity index (χ0) is 22.4. The Morgan fingerprint density at radius 2 is 1.97 bits per heavy atom. The third kappa shape index (κ3) is 5.48. The summed E-state index contributed by atoms with van der Waals surface area (Å²) in [5, 5.41) is 12.9. The highest BCUT2D eigenvalue weighted by Crippen LogP contribution is 2.12. The van der Waals surface area contributed by atoms with Crippen LogP contribution in [0.15, 0.2) is 53.5 Å². The van der Waals surface area contributed by atoms with E-state index in [1.165, 1.54) is 21.7 Å². The number of aliphatic hydroxyl groups is 1. The number of aromatic nitrogens is 2. The van der Waals surface area contributed by atoms with Gasteiger partial charge in [-0.15, -0.1) is 0 Å². The highest BCUT2D eigenvalue weighted by Gasteiger charge is 2.19. The van der Waals surface area contributed by atoms with Crippen molar-refractivity contribution in [2.45, 2.75) is 19.5 Å². The summed E-state index contributed by atoms with van der Waals surface area (Å²) in [6.07, 6.45) is 1.96. The van der Waals surface area contributed by atoms with Gasteiger partial charge in [-0.2, -0.15) is 0 Å². The van der Waals surface area contributed by atoms with Crippen molar-refractivity contribution >= 4 is 34.4 Å². The molecule has 9 heteroatoms. The maximum atomic E-state index is 13.1. The maximum absolute atomic E-state index is 13.1. The van der Waals surface area contributed by atoms with Gasteiger partial charge in [0.15, 0.2) is 0 Å². The predicted molar refractivity (Wildman–Crippen MR) is 118 cm³/mol. The first-order valence-electron chi connectivity index (χ1n) is 9.76. The summed E-state index contributed by atoms with van der Waals surface area (Å²) in [4.78, 5) is 44.1. The maximum Gasteiger partial charge on any atom is 0.265 e. The molecular weight excluding hydrogens is 420 g/mol. The van der Waals surface area contributed by atoms with Gasteiger partial charge in [0.25, 0.3) is 11.5 Å². The van der Waals surface area contributed by atoms with Gasteiger partial charge in [0.05, 0.1) is 0 Å². The van der Waals surface area contributed by atoms with Crippen LogP contribution in [0.4, 0.5) is 0 Å². The van der Waals surface area contributed by atoms with E-state index in [1.807, 2.05) is 0 Å². The zero-order valence-electron chi connectivity index (χ0n) is 17.0. The molecule has 0 fully saturated rings. The number of hydrogen-bond donors (Lipinski definition) is 2. The molecule has 2 aromatic heterocycles. The lowest BCUT2D eigenvalue weighted by atomic mass is 10.1. The summed E-state index contributed by atoms with van der Waals surface area (Å²) in [6, 6.07) is 11.9. The number of likely N-dealkylation sites (N-methyl/N-ethyl adjacent to an activating group) is 1. The number of halogens is 1. The molecule has 162 valence electrons. The summed E-state index contributed by atoms with van der Waals surface area (Å²) < 4.78 is 1.21. The van der Waals surface area contributed by atoms with Crippen LogP contribution < -0.4 is 10.9 Å². The molecular formula is C22H23ClN4O4. The number of fused-ring (bicyclic) bond motifs is 1. The van der Waals surface area contributed by atoms with Gasteiger partial charge in [-0.25, -0.2) is 4.98 Å². The third-order valence-electron chi connectivity index (χ3n) is 4.83. The minimum absolute atomic E-state index is 0.0364. The standard InChI is InChI=1S/C22H23ClN4O4/c1-26(10-3-11-28)19(29)14-27-20-16(4-2-9-24-20)12-18(22(27)31)21(30)25-13-15-5-7-17(23)8-6-15/h2,4-9,12,28H,3,10-11,13-14H2,1H3,(H,25,30). The van der Waals surface area contributed by atoms with E-state index in [0.717, 1.165) is 5.56 Å². The minimum Gasteiger partial charge on any atom is -0.396 e. The summed E-state index contributed by atoms with van der Waals surface area (Å²) in [5.74, 6) is -0.859. The van der Waals surface area contributed by atoms with Gasteiger partial charge in [-0.1, -0.05) is 23.7 Å². The largest absolute Gasteiger partial charge is 0.396 e. The van der Waals surface area contributed by atoms with Crippen molar-refractivity contribution in [3.05, 3.63) is 75.2 Å². The molecule has 0 atom stereocenters. The van der Waals surface area contributed by atoms with E-state index in [2.05, 4.69) is 10.3 Å². The van der Waals surface area contributed by atoms with Gasteiger partial charge in [0, 0.05) is 43.3 Å². The predicted octanol–water partition coefficient (Wildman–Crippen LogP) is 1.82. The van der Waals surface area contributed by atoms with Crippen molar-refractivity contribution < 1.29 is 14.7 Å². The van der Waals surface area contributed by atoms with Crippen molar-refractivity contribution in [2.75, 3.05) is 20.2 Å². The van der Waals surface area contributed by atoms with Gasteiger partial charge in [0.1, 0.15) is 17.8 Å². The Labute approximate surface area is 184 Å². The fourth-order valence-electron chi connectivity index (χ4n) is 3.08. The number of nitrogens with one attached hydrogen (secondary N) is 1. The first-order chi connectivity index (χ1) is 14.9. The number of amides is 2. The first kappa shape index (κ1) is 22.5. The fourth-order valence-corrected chi connectivity index (χ4v) is 3.21. The molecule has 0 aliphatic heterocycles. The molecule has 3 rings (SSSR count). The molecule has 0 saturated carbocycles. The van der Waals surface area contributed by atoms with Crippen LogP contribution in [-0.2, 0) is 17.9 Å². The normalized spacial score (nSPS) is 10.8. The third-order valence-corrected chi connectivity index (χ3v) is 5.08. The van der Waals surface area contributed by atoms with Crippen molar-refractivity contribution in [2.24, 2.45) is 0 Å². The average Bonchev–Trinajstić information content (AvgIpc) is 2.78. The number of benzene rings is 1. The second-order valence-electron chi connectivity index (χ2n) is 7.07. The van der Waals surface area contributed by atoms with Gasteiger partial charge in [0.2, 0.25) is 5.91 Å². The number of aliphatic hydroxyl groups excluding tert-OH is 1. The molecule has 0 spiro atoms. The Morgan fingerprint density at radius 3 is 2.68 bits per heavy atom. The molecule has 31 heavy (non-hydrogen) atoms. The molecule has 0 saturated heterocycles. The van der Waals surface area contributed by atoms with E-state index in [0.29, 0.717) is 29.0 Å². The van der Waals surface area contributed by atoms with E-state index in [9.17, 15) is 14.4 Å². The number of hydrogen-bond acceptors (Lipinski definition) is 5. The van der Waals surface area contributed by atoms with E-state index < -0.39 is 11.5 Å². The van der Waals surface area contributed by atoms with E-state index >= 15 is 0 Å². The number of nitrogens with zero attached hydrogens (tertiary/aromatic N) is 3. The van der Waals surface area contributed by atoms with Crippen molar-refractivity contribution in [3.8, 4) is 0 Å². The molecule has 0 aliphatic rings. The van der Waals surface area contributed by atoms with Gasteiger partial charge < -0.3 is 15.3 Å². The topological polar surface area (TPSA) is 105 Å². The zero-order valence-corrected chi connectivity index (χ0v) is 17.8. The highest BCUT2D eigenvalue weighted by atomic mass is 35.5. The summed E-state index contributed by atoms with van der Waals surface area (Å²) in [7, 11) is 1.60. The van der Waals surface area contributed by atoms with Crippen molar-refractivity contribution in [1.82, 2.24) is 19.8 Å². The number of carbonyl (C=O) groups is 2. The Kier molecular flexibility index (Phi) is 7.38. The highest BCUT2D eigenvalue weighted by molar-refractivity contribution is 6.30. The van der Waals surface area contributed by atoms with Crippen LogP contribution in [0.2, 0.25) is 5.02 Å². The van der Waals surface area contributed by atoms with Gasteiger partial charge >= 0.3 is 0 Å². The number of rotatable bonds is 8. The van der Waals surface area contributed by atoms with E-state index in [1.54, 1.807) is 43.4 Å². The molecule has 0 aliphatic carbocycles. The van der Waals surface area contributed by atoms with Crippen molar-refractivity contribution in [1.29, 1.82) is 0 Å². The van der Waals surface area contributed by atoms with Crippen LogP contribution in [-0.4, -0.2) is 51.6 Å². The molecule has 8 nitrogen and oxygen atoms in total. The molecule has 3 aromatic rings. The van der Waals surface area contributed by atoms with Crippen LogP contribution >= 0.6 is 11.6 Å². The molecule has 0 bridgehead atoms. The summed E-state index contributed by atoms with van der Waals surface area (Å²) in [6.45, 7) is 0.290. The minimum atomic E-state index is -0.594. The second kappa shape index (κ2) is 10.2. The van der Waals surface area contributed by atoms with Crippen LogP contribution in [0.25, 0.3) is 11.0 Å². The van der Waals surface area contributed by atoms with Crippen LogP contribution in [0.3, 0.4) is 0 Å². The van der Waals surface area contributed by atoms with E-state index in [4.69, 9.17) is 16.7 Å². The average molecular weight is 443 g/mol. The lowest BCUT2D eigenvalue weighted by Gasteiger charge is -2.18. The Morgan fingerprint density at radius 1 is 1.23 bits per heavy atom. The van der Waals surface area contributed by atoms with Crippen LogP contribution in [0.1, 0.15) is 22.3 Å². The summed E-state index contributed by atoms with van der Waals surface area (Å²) in [5.41, 5.74) is 0.496. The molecule has 0 radical (unpaired) electrons. The second-order valence-corrected chi connectivity index (χ2v) is 7.50. The number of pyridine rings is 2. The molecule has 0 unspecified atom stereocenters. The Bertz CT molecular complexity index is 1140. The summed E-state index contributed by atoms with van der Waals surface area (Å²) >= 11 is 5.87. The van der Waals surface area contributed by atoms with E-state index in [-0.39, 0.29) is 31.2 Å². The SMILES string of the molecule is CN(CCCO)C(=O)Cn1c(=O)c(C(=O)NCc2ccc(Cl)cc2)cc2cccnc21. The van der Waals surface area contributed by atoms with Crippen molar-refractivity contribution in [3.63, 3.8) is 0 Å². The first-order valence-corrected chi connectivity index (χ1v) is 10.1. The van der Waals surface area contributed by atoms with Gasteiger partial charge in [-0.05, 0) is 42.3 Å². The lowest BCUT2D eigenvalue weighted by molar-refractivity contribution is -0.130. The smallest absolute Gasteiger partial charge is 0.265 e. The fraction of sp³-hybridized carbons (Fsp3) is 0.273.